The molecule has 0 aliphatic rings. The van der Waals surface area contributed by atoms with E-state index < -0.39 is 0 Å². The maximum absolute atomic E-state index is 13.3. The van der Waals surface area contributed by atoms with Crippen LogP contribution in [0.25, 0.3) is 11.4 Å². The molecule has 0 bridgehead atoms. The summed E-state index contributed by atoms with van der Waals surface area (Å²) in [7, 11) is 0. The van der Waals surface area contributed by atoms with Crippen molar-refractivity contribution < 1.29 is 13.7 Å². The number of hydrogen-bond donors (Lipinski definition) is 1. The highest BCUT2D eigenvalue weighted by molar-refractivity contribution is 5.76. The van der Waals surface area contributed by atoms with Crippen molar-refractivity contribution in [1.29, 1.82) is 0 Å². The predicted molar refractivity (Wildman–Crippen MR) is 100 cm³/mol. The van der Waals surface area contributed by atoms with Gasteiger partial charge in [0.25, 0.3) is 0 Å². The average molecular weight is 367 g/mol. The number of nitrogens with one attached hydrogen (secondary N) is 1. The zero-order valence-corrected chi connectivity index (χ0v) is 15.2. The fourth-order valence-corrected chi connectivity index (χ4v) is 2.77. The third kappa shape index (κ3) is 5.74. The van der Waals surface area contributed by atoms with E-state index >= 15 is 0 Å². The van der Waals surface area contributed by atoms with Crippen LogP contribution in [0.4, 0.5) is 4.39 Å². The third-order valence-electron chi connectivity index (χ3n) is 4.23. The summed E-state index contributed by atoms with van der Waals surface area (Å²) in [5, 5.41) is 6.83. The molecule has 3 rings (SSSR count). The highest BCUT2D eigenvalue weighted by Gasteiger charge is 2.12. The number of halogens is 1. The highest BCUT2D eigenvalue weighted by atomic mass is 19.1. The van der Waals surface area contributed by atoms with Crippen LogP contribution < -0.4 is 5.32 Å². The maximum Gasteiger partial charge on any atom is 0.227 e. The maximum atomic E-state index is 13.3. The number of aryl methyl sites for hydroxylation is 2. The second-order valence-electron chi connectivity index (χ2n) is 6.51. The molecular formula is C21H22FN3O2. The molecule has 1 atom stereocenters. The van der Waals surface area contributed by atoms with Crippen molar-refractivity contribution in [3.63, 3.8) is 0 Å². The van der Waals surface area contributed by atoms with Gasteiger partial charge in [-0.3, -0.25) is 4.79 Å². The Labute approximate surface area is 157 Å². The molecule has 27 heavy (non-hydrogen) atoms. The quantitative estimate of drug-likeness (QED) is 0.655. The fraction of sp³-hybridized carbons (Fsp3) is 0.286. The van der Waals surface area contributed by atoms with Crippen LogP contribution in [0.15, 0.2) is 59.1 Å². The van der Waals surface area contributed by atoms with Gasteiger partial charge >= 0.3 is 0 Å². The standard InChI is InChI=1S/C21H22FN3O2/c1-15(10-11-16-6-3-2-4-7-16)23-19(26)12-13-20-24-21(25-27-20)17-8-5-9-18(22)14-17/h2-9,14-15H,10-13H2,1H3,(H,23,26)/t15-/m1/s1. The summed E-state index contributed by atoms with van der Waals surface area (Å²) >= 11 is 0. The summed E-state index contributed by atoms with van der Waals surface area (Å²) in [5.74, 6) is 0.270. The first kappa shape index (κ1) is 18.8. The molecule has 0 aliphatic heterocycles. The lowest BCUT2D eigenvalue weighted by Gasteiger charge is -2.13. The minimum absolute atomic E-state index is 0.0546. The normalized spacial score (nSPS) is 11.9. The molecule has 1 N–H and O–H groups in total. The molecular weight excluding hydrogens is 345 g/mol. The molecule has 0 unspecified atom stereocenters. The van der Waals surface area contributed by atoms with Crippen molar-refractivity contribution >= 4 is 5.91 Å². The summed E-state index contributed by atoms with van der Waals surface area (Å²) in [5.41, 5.74) is 1.80. The van der Waals surface area contributed by atoms with Crippen LogP contribution >= 0.6 is 0 Å². The summed E-state index contributed by atoms with van der Waals surface area (Å²) in [6.45, 7) is 2.00. The van der Waals surface area contributed by atoms with Gasteiger partial charge in [-0.05, 0) is 37.5 Å². The molecule has 0 aliphatic carbocycles. The Morgan fingerprint density at radius 2 is 1.96 bits per heavy atom. The van der Waals surface area contributed by atoms with E-state index in [1.54, 1.807) is 12.1 Å². The number of hydrogen-bond acceptors (Lipinski definition) is 4. The highest BCUT2D eigenvalue weighted by Crippen LogP contribution is 2.17. The molecule has 1 heterocycles. The van der Waals surface area contributed by atoms with Gasteiger partial charge in [-0.1, -0.05) is 47.6 Å². The number of carbonyl (C=O) groups excluding carboxylic acids is 1. The first-order valence-electron chi connectivity index (χ1n) is 9.02. The van der Waals surface area contributed by atoms with Crippen LogP contribution in [-0.4, -0.2) is 22.1 Å². The molecule has 5 nitrogen and oxygen atoms in total. The summed E-state index contributed by atoms with van der Waals surface area (Å²) in [6.07, 6.45) is 2.41. The van der Waals surface area contributed by atoms with E-state index in [1.165, 1.54) is 17.7 Å². The molecule has 3 aromatic rings. The minimum atomic E-state index is -0.359. The molecule has 0 saturated heterocycles. The van der Waals surface area contributed by atoms with Gasteiger partial charge in [0.1, 0.15) is 5.82 Å². The minimum Gasteiger partial charge on any atom is -0.354 e. The predicted octanol–water partition coefficient (Wildman–Crippen LogP) is 3.95. The van der Waals surface area contributed by atoms with Crippen molar-refractivity contribution in [1.82, 2.24) is 15.5 Å². The van der Waals surface area contributed by atoms with Crippen molar-refractivity contribution in [2.75, 3.05) is 0 Å². The van der Waals surface area contributed by atoms with Gasteiger partial charge in [0.15, 0.2) is 0 Å². The number of nitrogens with zero attached hydrogens (tertiary/aromatic N) is 2. The summed E-state index contributed by atoms with van der Waals surface area (Å²) in [6, 6.07) is 16.3. The second-order valence-corrected chi connectivity index (χ2v) is 6.51. The van der Waals surface area contributed by atoms with Crippen LogP contribution in [0.5, 0.6) is 0 Å². The number of benzene rings is 2. The van der Waals surface area contributed by atoms with E-state index in [0.717, 1.165) is 12.8 Å². The fourth-order valence-electron chi connectivity index (χ4n) is 2.77. The van der Waals surface area contributed by atoms with Gasteiger partial charge in [0.05, 0.1) is 0 Å². The van der Waals surface area contributed by atoms with E-state index in [0.29, 0.717) is 23.7 Å². The van der Waals surface area contributed by atoms with Crippen LogP contribution in [0, 0.1) is 5.82 Å². The van der Waals surface area contributed by atoms with Gasteiger partial charge < -0.3 is 9.84 Å². The lowest BCUT2D eigenvalue weighted by atomic mass is 10.1. The van der Waals surface area contributed by atoms with Crippen LogP contribution in [0.3, 0.4) is 0 Å². The molecule has 6 heteroatoms. The topological polar surface area (TPSA) is 68.0 Å². The number of amides is 1. The summed E-state index contributed by atoms with van der Waals surface area (Å²) in [4.78, 5) is 16.3. The van der Waals surface area contributed by atoms with Crippen molar-refractivity contribution in [3.05, 3.63) is 71.9 Å². The van der Waals surface area contributed by atoms with Gasteiger partial charge in [-0.25, -0.2) is 4.39 Å². The lowest BCUT2D eigenvalue weighted by molar-refractivity contribution is -0.121. The summed E-state index contributed by atoms with van der Waals surface area (Å²) < 4.78 is 18.4. The average Bonchev–Trinajstić information content (AvgIpc) is 3.15. The number of carbonyl (C=O) groups is 1. The Bertz CT molecular complexity index is 880. The van der Waals surface area contributed by atoms with Crippen molar-refractivity contribution in [2.24, 2.45) is 0 Å². The number of rotatable bonds is 8. The molecule has 0 fully saturated rings. The van der Waals surface area contributed by atoms with Crippen molar-refractivity contribution in [2.45, 2.75) is 38.6 Å². The smallest absolute Gasteiger partial charge is 0.227 e. The number of aromatic nitrogens is 2. The van der Waals surface area contributed by atoms with Gasteiger partial charge in [-0.2, -0.15) is 4.98 Å². The van der Waals surface area contributed by atoms with Crippen molar-refractivity contribution in [3.8, 4) is 11.4 Å². The molecule has 1 amide bonds. The Morgan fingerprint density at radius 1 is 1.15 bits per heavy atom. The Balaban J connectivity index is 1.44. The monoisotopic (exact) mass is 367 g/mol. The Kier molecular flexibility index (Phi) is 6.30. The molecule has 0 spiro atoms. The van der Waals surface area contributed by atoms with Crippen LogP contribution in [0.1, 0.15) is 31.2 Å². The molecule has 0 saturated carbocycles. The molecule has 0 radical (unpaired) electrons. The van der Waals surface area contributed by atoms with E-state index in [1.807, 2.05) is 25.1 Å². The van der Waals surface area contributed by atoms with E-state index in [4.69, 9.17) is 4.52 Å². The molecule has 2 aromatic carbocycles. The molecule has 1 aromatic heterocycles. The SMILES string of the molecule is C[C@H](CCc1ccccc1)NC(=O)CCc1nc(-c2cccc(F)c2)no1. The Hall–Kier alpha value is -3.02. The van der Waals surface area contributed by atoms with E-state index in [9.17, 15) is 9.18 Å². The third-order valence-corrected chi connectivity index (χ3v) is 4.23. The largest absolute Gasteiger partial charge is 0.354 e. The van der Waals surface area contributed by atoms with E-state index in [-0.39, 0.29) is 24.2 Å². The molecule has 140 valence electrons. The Morgan fingerprint density at radius 3 is 2.74 bits per heavy atom. The first-order valence-corrected chi connectivity index (χ1v) is 9.02. The second kappa shape index (κ2) is 9.07. The van der Waals surface area contributed by atoms with Gasteiger partial charge in [0.2, 0.25) is 17.6 Å². The zero-order valence-electron chi connectivity index (χ0n) is 15.2. The van der Waals surface area contributed by atoms with E-state index in [2.05, 4.69) is 27.6 Å². The first-order chi connectivity index (χ1) is 13.1. The lowest BCUT2D eigenvalue weighted by Crippen LogP contribution is -2.33. The zero-order chi connectivity index (χ0) is 19.1. The van der Waals surface area contributed by atoms with Gasteiger partial charge in [0, 0.05) is 24.4 Å². The van der Waals surface area contributed by atoms with Gasteiger partial charge in [-0.15, -0.1) is 0 Å². The van der Waals surface area contributed by atoms with Crippen LogP contribution in [0.2, 0.25) is 0 Å². The van der Waals surface area contributed by atoms with Crippen LogP contribution in [-0.2, 0) is 17.6 Å².